The van der Waals surface area contributed by atoms with Gasteiger partial charge in [0.15, 0.2) is 0 Å². The minimum absolute atomic E-state index is 0.0442. The molecule has 0 heterocycles. The van der Waals surface area contributed by atoms with Gasteiger partial charge in [0.2, 0.25) is 0 Å². The van der Waals surface area contributed by atoms with E-state index in [0.717, 1.165) is 25.7 Å². The lowest BCUT2D eigenvalue weighted by Gasteiger charge is -2.29. The van der Waals surface area contributed by atoms with Gasteiger partial charge in [0.1, 0.15) is 19.3 Å². The van der Waals surface area contributed by atoms with Gasteiger partial charge in [-0.2, -0.15) is 0 Å². The molecule has 0 aliphatic carbocycles. The first kappa shape index (κ1) is 40.5. The fourth-order valence-corrected chi connectivity index (χ4v) is 5.85. The quantitative estimate of drug-likeness (QED) is 0.0367. The molecule has 2 unspecified atom stereocenters. The van der Waals surface area contributed by atoms with E-state index in [0.29, 0.717) is 17.4 Å². The van der Waals surface area contributed by atoms with Crippen molar-refractivity contribution in [3.63, 3.8) is 0 Å². The van der Waals surface area contributed by atoms with Crippen molar-refractivity contribution < 1.29 is 37.6 Å². The van der Waals surface area contributed by atoms with Gasteiger partial charge in [-0.15, -0.1) is 0 Å². The van der Waals surface area contributed by atoms with Crippen molar-refractivity contribution in [2.45, 2.75) is 148 Å². The highest BCUT2D eigenvalue weighted by molar-refractivity contribution is 7.46. The van der Waals surface area contributed by atoms with Crippen LogP contribution in [0.2, 0.25) is 0 Å². The summed E-state index contributed by atoms with van der Waals surface area (Å²) in [5, 5.41) is 0. The molecule has 9 heteroatoms. The third kappa shape index (κ3) is 29.4. The van der Waals surface area contributed by atoms with Crippen molar-refractivity contribution in [3.8, 4) is 0 Å². The zero-order valence-electron chi connectivity index (χ0n) is 27.5. The number of carbonyl (C=O) groups is 1. The van der Waals surface area contributed by atoms with Gasteiger partial charge in [0, 0.05) is 13.0 Å². The Morgan fingerprint density at radius 1 is 0.659 bits per heavy atom. The number of hydrogen-bond donors (Lipinski definition) is 2. The summed E-state index contributed by atoms with van der Waals surface area (Å²) in [6.07, 6.45) is 23.9. The van der Waals surface area contributed by atoms with Crippen LogP contribution in [0.15, 0.2) is 0 Å². The van der Waals surface area contributed by atoms with Crippen LogP contribution in [0.3, 0.4) is 0 Å². The molecule has 2 N–H and O–H groups in total. The minimum atomic E-state index is -4.56. The number of unbranched alkanes of at least 4 members (excludes halogenated alkanes) is 15. The molecule has 0 aromatic carbocycles. The van der Waals surface area contributed by atoms with E-state index < -0.39 is 13.9 Å². The molecule has 8 nitrogen and oxygen atoms in total. The minimum Gasteiger partial charge on any atom is -0.463 e. The van der Waals surface area contributed by atoms with Crippen LogP contribution in [0.4, 0.5) is 0 Å². The number of phosphoric ester groups is 1. The first-order valence-electron chi connectivity index (χ1n) is 16.8. The maximum absolute atomic E-state index is 12.6. The van der Waals surface area contributed by atoms with Crippen LogP contribution >= 0.6 is 7.82 Å². The monoisotopic (exact) mass is 608 g/mol. The van der Waals surface area contributed by atoms with Crippen molar-refractivity contribution in [2.24, 2.45) is 5.92 Å². The van der Waals surface area contributed by atoms with Crippen LogP contribution in [0.25, 0.3) is 0 Å². The van der Waals surface area contributed by atoms with Crippen LogP contribution in [-0.4, -0.2) is 73.9 Å². The van der Waals surface area contributed by atoms with E-state index in [1.807, 2.05) is 21.1 Å². The van der Waals surface area contributed by atoms with Crippen molar-refractivity contribution in [3.05, 3.63) is 0 Å². The number of carbonyl (C=O) groups excluding carboxylic acids is 1. The van der Waals surface area contributed by atoms with Crippen LogP contribution in [0.5, 0.6) is 0 Å². The second kappa shape index (κ2) is 25.9. The van der Waals surface area contributed by atoms with E-state index in [-0.39, 0.29) is 31.7 Å². The molecule has 0 aromatic rings. The van der Waals surface area contributed by atoms with Crippen LogP contribution in [0, 0.1) is 5.92 Å². The van der Waals surface area contributed by atoms with E-state index in [9.17, 15) is 9.36 Å². The Bertz CT molecular complexity index is 650. The molecule has 2 atom stereocenters. The Morgan fingerprint density at radius 3 is 1.59 bits per heavy atom. The molecular weight excluding hydrogens is 541 g/mol. The number of quaternary nitrogens is 1. The summed E-state index contributed by atoms with van der Waals surface area (Å²) in [5.41, 5.74) is 0. The molecule has 0 rings (SSSR count). The Hall–Kier alpha value is -0.500. The average Bonchev–Trinajstić information content (AvgIpc) is 2.87. The van der Waals surface area contributed by atoms with Gasteiger partial charge in [-0.05, 0) is 12.8 Å². The SMILES string of the molecule is CCCCCCCCCCCCCCCCCCC(CCC)C(=O)OCCOCCC(C[N+](C)(C)C)OP(=O)(O)O. The molecular formula is C32H67NO7P+. The van der Waals surface area contributed by atoms with Gasteiger partial charge in [0.25, 0.3) is 0 Å². The third-order valence-corrected chi connectivity index (χ3v) is 8.04. The lowest BCUT2D eigenvalue weighted by Crippen LogP contribution is -2.42. The Balaban J connectivity index is 3.86. The topological polar surface area (TPSA) is 102 Å². The van der Waals surface area contributed by atoms with Crippen molar-refractivity contribution >= 4 is 13.8 Å². The first-order valence-corrected chi connectivity index (χ1v) is 18.3. The molecule has 41 heavy (non-hydrogen) atoms. The predicted octanol–water partition coefficient (Wildman–Crippen LogP) is 8.19. The van der Waals surface area contributed by atoms with Crippen molar-refractivity contribution in [2.75, 3.05) is 47.5 Å². The van der Waals surface area contributed by atoms with Gasteiger partial charge < -0.3 is 23.7 Å². The summed E-state index contributed by atoms with van der Waals surface area (Å²) in [5.74, 6) is -0.179. The standard InChI is InChI=1S/C32H66NO7P/c1-6-8-9-10-11-12-13-14-15-16-17-18-19-20-21-22-24-30(23-7-2)32(34)39-28-27-38-26-25-31(29-33(3,4)5)40-41(35,36)37/h30-31H,6-29H2,1-5H3,(H-,35,36,37)/p+1. The second-order valence-electron chi connectivity index (χ2n) is 12.8. The number of nitrogens with zero attached hydrogens (tertiary/aromatic N) is 1. The van der Waals surface area contributed by atoms with E-state index in [1.165, 1.54) is 96.3 Å². The summed E-state index contributed by atoms with van der Waals surface area (Å²) in [7, 11) is 1.24. The first-order chi connectivity index (χ1) is 19.5. The molecule has 0 aromatic heterocycles. The number of esters is 1. The largest absolute Gasteiger partial charge is 0.470 e. The van der Waals surface area contributed by atoms with E-state index >= 15 is 0 Å². The maximum Gasteiger partial charge on any atom is 0.470 e. The number of rotatable bonds is 30. The average molecular weight is 609 g/mol. The maximum atomic E-state index is 12.6. The molecule has 0 aliphatic heterocycles. The van der Waals surface area contributed by atoms with Crippen molar-refractivity contribution in [1.29, 1.82) is 0 Å². The number of ether oxygens (including phenoxy) is 2. The van der Waals surface area contributed by atoms with E-state index in [2.05, 4.69) is 13.8 Å². The lowest BCUT2D eigenvalue weighted by atomic mass is 9.96. The molecule has 0 radical (unpaired) electrons. The molecule has 0 fully saturated rings. The molecule has 0 saturated heterocycles. The van der Waals surface area contributed by atoms with Crippen LogP contribution in [-0.2, 0) is 23.4 Å². The summed E-state index contributed by atoms with van der Waals surface area (Å²) >= 11 is 0. The van der Waals surface area contributed by atoms with Gasteiger partial charge in [-0.25, -0.2) is 4.57 Å². The third-order valence-electron chi connectivity index (χ3n) is 7.47. The predicted molar refractivity (Wildman–Crippen MR) is 169 cm³/mol. The molecule has 246 valence electrons. The Morgan fingerprint density at radius 2 is 1.15 bits per heavy atom. The van der Waals surface area contributed by atoms with Gasteiger partial charge in [-0.1, -0.05) is 123 Å². The highest BCUT2D eigenvalue weighted by Crippen LogP contribution is 2.38. The number of hydrogen-bond acceptors (Lipinski definition) is 5. The molecule has 0 saturated carbocycles. The zero-order chi connectivity index (χ0) is 30.8. The lowest BCUT2D eigenvalue weighted by molar-refractivity contribution is -0.873. The Labute approximate surface area is 253 Å². The normalized spacial score (nSPS) is 13.8. The van der Waals surface area contributed by atoms with Gasteiger partial charge in [-0.3, -0.25) is 9.32 Å². The number of phosphoric acid groups is 1. The smallest absolute Gasteiger partial charge is 0.463 e. The molecule has 0 spiro atoms. The highest BCUT2D eigenvalue weighted by atomic mass is 31.2. The Kier molecular flexibility index (Phi) is 25.6. The summed E-state index contributed by atoms with van der Waals surface area (Å²) in [4.78, 5) is 30.9. The molecule has 0 aliphatic rings. The fourth-order valence-electron chi connectivity index (χ4n) is 5.29. The number of likely N-dealkylation sites (N-methyl/N-ethyl adjacent to an activating group) is 1. The molecule has 0 bridgehead atoms. The zero-order valence-corrected chi connectivity index (χ0v) is 28.3. The van der Waals surface area contributed by atoms with Gasteiger partial charge in [0.05, 0.1) is 33.7 Å². The summed E-state index contributed by atoms with van der Waals surface area (Å²) in [6.45, 7) is 5.55. The van der Waals surface area contributed by atoms with Crippen molar-refractivity contribution in [1.82, 2.24) is 0 Å². The van der Waals surface area contributed by atoms with Crippen LogP contribution in [0.1, 0.15) is 142 Å². The van der Waals surface area contributed by atoms with E-state index in [4.69, 9.17) is 23.8 Å². The van der Waals surface area contributed by atoms with Gasteiger partial charge >= 0.3 is 13.8 Å². The molecule has 0 amide bonds. The summed E-state index contributed by atoms with van der Waals surface area (Å²) < 4.78 is 27.7. The fraction of sp³-hybridized carbons (Fsp3) is 0.969. The van der Waals surface area contributed by atoms with E-state index in [1.54, 1.807) is 0 Å². The van der Waals surface area contributed by atoms with Crippen LogP contribution < -0.4 is 0 Å². The highest BCUT2D eigenvalue weighted by Gasteiger charge is 2.27. The second-order valence-corrected chi connectivity index (χ2v) is 14.0. The summed E-state index contributed by atoms with van der Waals surface area (Å²) in [6, 6.07) is 0.